The Balaban J connectivity index is 1.45. The van der Waals surface area contributed by atoms with Crippen molar-refractivity contribution in [1.82, 2.24) is 14.9 Å². The summed E-state index contributed by atoms with van der Waals surface area (Å²) in [7, 11) is 0. The van der Waals surface area contributed by atoms with Gasteiger partial charge in [0, 0.05) is 31.1 Å². The summed E-state index contributed by atoms with van der Waals surface area (Å²) in [5, 5.41) is 0.944. The van der Waals surface area contributed by atoms with Gasteiger partial charge in [-0.3, -0.25) is 9.78 Å². The third kappa shape index (κ3) is 6.21. The molecule has 0 aliphatic carbocycles. The van der Waals surface area contributed by atoms with Crippen LogP contribution in [0.4, 0.5) is 0 Å². The molecule has 1 amide bonds. The zero-order chi connectivity index (χ0) is 23.2. The maximum Gasteiger partial charge on any atom is 0.223 e. The van der Waals surface area contributed by atoms with Gasteiger partial charge >= 0.3 is 0 Å². The van der Waals surface area contributed by atoms with Crippen LogP contribution in [0.15, 0.2) is 77.5 Å². The van der Waals surface area contributed by atoms with Crippen molar-refractivity contribution in [2.75, 3.05) is 0 Å². The minimum absolute atomic E-state index is 0.0261. The number of oxazole rings is 1. The van der Waals surface area contributed by atoms with E-state index in [4.69, 9.17) is 27.6 Å². The fourth-order valence-corrected chi connectivity index (χ4v) is 3.75. The topological polar surface area (TPSA) is 59.2 Å². The maximum atomic E-state index is 13.2. The normalized spacial score (nSPS) is 10.9. The smallest absolute Gasteiger partial charge is 0.223 e. The van der Waals surface area contributed by atoms with Crippen molar-refractivity contribution in [2.24, 2.45) is 0 Å². The highest BCUT2D eigenvalue weighted by molar-refractivity contribution is 6.42. The minimum atomic E-state index is -0.0261. The molecule has 168 valence electrons. The number of aromatic nitrogens is 2. The van der Waals surface area contributed by atoms with Crippen molar-refractivity contribution in [2.45, 2.75) is 32.9 Å². The lowest BCUT2D eigenvalue weighted by atomic mass is 10.1. The van der Waals surface area contributed by atoms with Crippen LogP contribution in [0.3, 0.4) is 0 Å². The number of rotatable bonds is 8. The van der Waals surface area contributed by atoms with E-state index in [-0.39, 0.29) is 12.3 Å². The van der Waals surface area contributed by atoms with Crippen molar-refractivity contribution in [3.8, 4) is 11.3 Å². The number of halogens is 2. The first-order valence-electron chi connectivity index (χ1n) is 10.6. The van der Waals surface area contributed by atoms with Gasteiger partial charge in [-0.1, -0.05) is 65.2 Å². The summed E-state index contributed by atoms with van der Waals surface area (Å²) in [6.45, 7) is 2.82. The van der Waals surface area contributed by atoms with Gasteiger partial charge in [0.25, 0.3) is 0 Å². The number of hydrogen-bond donors (Lipinski definition) is 0. The molecule has 0 N–H and O–H groups in total. The standard InChI is InChI=1S/C26H23Cl2N3O2/c1-18-5-8-20(9-6-18)24-15-30-25(33-24)11-12-26(32)31(17-21-4-2-3-13-29-21)16-19-7-10-22(27)23(28)14-19/h2-10,13-15H,11-12,16-17H2,1H3. The van der Waals surface area contributed by atoms with Crippen molar-refractivity contribution >= 4 is 29.1 Å². The summed E-state index contributed by atoms with van der Waals surface area (Å²) in [6.07, 6.45) is 4.09. The van der Waals surface area contributed by atoms with Gasteiger partial charge in [0.05, 0.1) is 28.5 Å². The summed E-state index contributed by atoms with van der Waals surface area (Å²) in [6, 6.07) is 19.1. The molecule has 2 heterocycles. The monoisotopic (exact) mass is 479 g/mol. The van der Waals surface area contributed by atoms with Crippen LogP contribution in [0, 0.1) is 6.92 Å². The molecule has 4 rings (SSSR count). The van der Waals surface area contributed by atoms with E-state index >= 15 is 0 Å². The summed E-state index contributed by atoms with van der Waals surface area (Å²) in [5.74, 6) is 1.20. The maximum absolute atomic E-state index is 13.2. The van der Waals surface area contributed by atoms with Crippen molar-refractivity contribution in [3.63, 3.8) is 0 Å². The second-order valence-corrected chi connectivity index (χ2v) is 8.62. The first-order valence-corrected chi connectivity index (χ1v) is 11.4. The van der Waals surface area contributed by atoms with Gasteiger partial charge in [-0.2, -0.15) is 0 Å². The summed E-state index contributed by atoms with van der Waals surface area (Å²) < 4.78 is 5.88. The Morgan fingerprint density at radius 3 is 2.52 bits per heavy atom. The van der Waals surface area contributed by atoms with E-state index < -0.39 is 0 Å². The highest BCUT2D eigenvalue weighted by atomic mass is 35.5. The fraction of sp³-hybridized carbons (Fsp3) is 0.192. The molecule has 2 aromatic heterocycles. The second-order valence-electron chi connectivity index (χ2n) is 7.80. The van der Waals surface area contributed by atoms with Crippen LogP contribution >= 0.6 is 23.2 Å². The molecule has 0 atom stereocenters. The molecule has 7 heteroatoms. The highest BCUT2D eigenvalue weighted by Crippen LogP contribution is 2.24. The minimum Gasteiger partial charge on any atom is -0.441 e. The first kappa shape index (κ1) is 23.0. The van der Waals surface area contributed by atoms with Crippen LogP contribution in [-0.4, -0.2) is 20.8 Å². The van der Waals surface area contributed by atoms with Crippen LogP contribution in [0.1, 0.15) is 29.1 Å². The van der Waals surface area contributed by atoms with Crippen LogP contribution in [0.5, 0.6) is 0 Å². The predicted molar refractivity (Wildman–Crippen MR) is 130 cm³/mol. The number of hydrogen-bond acceptors (Lipinski definition) is 4. The molecule has 0 radical (unpaired) electrons. The third-order valence-electron chi connectivity index (χ3n) is 5.23. The van der Waals surface area contributed by atoms with E-state index in [2.05, 4.69) is 9.97 Å². The van der Waals surface area contributed by atoms with Gasteiger partial charge in [0.1, 0.15) is 0 Å². The number of nitrogens with zero attached hydrogens (tertiary/aromatic N) is 3. The summed E-state index contributed by atoms with van der Waals surface area (Å²) in [4.78, 5) is 23.6. The van der Waals surface area contributed by atoms with Gasteiger partial charge in [-0.15, -0.1) is 0 Å². The van der Waals surface area contributed by atoms with Gasteiger partial charge < -0.3 is 9.32 Å². The van der Waals surface area contributed by atoms with Crippen LogP contribution < -0.4 is 0 Å². The van der Waals surface area contributed by atoms with Gasteiger partial charge in [0.2, 0.25) is 5.91 Å². The second kappa shape index (κ2) is 10.6. The van der Waals surface area contributed by atoms with E-state index in [9.17, 15) is 4.79 Å². The highest BCUT2D eigenvalue weighted by Gasteiger charge is 2.17. The van der Waals surface area contributed by atoms with Crippen LogP contribution in [0.2, 0.25) is 10.0 Å². The van der Waals surface area contributed by atoms with Gasteiger partial charge in [-0.05, 0) is 36.8 Å². The molecule has 33 heavy (non-hydrogen) atoms. The zero-order valence-corrected chi connectivity index (χ0v) is 19.7. The lowest BCUT2D eigenvalue weighted by molar-refractivity contribution is -0.132. The van der Waals surface area contributed by atoms with Gasteiger partial charge in [0.15, 0.2) is 11.7 Å². The van der Waals surface area contributed by atoms with Crippen molar-refractivity contribution < 1.29 is 9.21 Å². The summed E-state index contributed by atoms with van der Waals surface area (Å²) in [5.41, 5.74) is 3.84. The lowest BCUT2D eigenvalue weighted by Gasteiger charge is -2.22. The Kier molecular flexibility index (Phi) is 7.43. The largest absolute Gasteiger partial charge is 0.441 e. The van der Waals surface area contributed by atoms with E-state index in [0.717, 1.165) is 16.8 Å². The molecule has 0 aliphatic rings. The number of carbonyl (C=O) groups is 1. The summed E-state index contributed by atoms with van der Waals surface area (Å²) >= 11 is 12.2. The van der Waals surface area contributed by atoms with E-state index in [0.29, 0.717) is 41.2 Å². The Bertz CT molecular complexity index is 1220. The zero-order valence-electron chi connectivity index (χ0n) is 18.2. The quantitative estimate of drug-likeness (QED) is 0.288. The third-order valence-corrected chi connectivity index (χ3v) is 5.97. The molecule has 0 spiro atoms. The van der Waals surface area contributed by atoms with Crippen molar-refractivity contribution in [3.05, 3.63) is 106 Å². The molecule has 0 bridgehead atoms. The van der Waals surface area contributed by atoms with Crippen LogP contribution in [0.25, 0.3) is 11.3 Å². The molecule has 4 aromatic rings. The molecule has 5 nitrogen and oxygen atoms in total. The number of carbonyl (C=O) groups excluding carboxylic acids is 1. The molecule has 0 saturated heterocycles. The fourth-order valence-electron chi connectivity index (χ4n) is 3.43. The van der Waals surface area contributed by atoms with E-state index in [1.165, 1.54) is 5.56 Å². The molecular weight excluding hydrogens is 457 g/mol. The van der Waals surface area contributed by atoms with E-state index in [1.807, 2.05) is 55.5 Å². The molecule has 2 aromatic carbocycles. The predicted octanol–water partition coefficient (Wildman–Crippen LogP) is 6.51. The number of benzene rings is 2. The molecule has 0 unspecified atom stereocenters. The number of pyridine rings is 1. The molecular formula is C26H23Cl2N3O2. The molecule has 0 aliphatic heterocycles. The van der Waals surface area contributed by atoms with Gasteiger partial charge in [-0.25, -0.2) is 4.98 Å². The SMILES string of the molecule is Cc1ccc(-c2cnc(CCC(=O)N(Cc3ccc(Cl)c(Cl)c3)Cc3ccccn3)o2)cc1. The Morgan fingerprint density at radius 2 is 1.79 bits per heavy atom. The number of amides is 1. The Morgan fingerprint density at radius 1 is 0.970 bits per heavy atom. The molecule has 0 saturated carbocycles. The molecule has 0 fully saturated rings. The first-order chi connectivity index (χ1) is 16.0. The lowest BCUT2D eigenvalue weighted by Crippen LogP contribution is -2.30. The average molecular weight is 480 g/mol. The average Bonchev–Trinajstić information content (AvgIpc) is 3.30. The van der Waals surface area contributed by atoms with Crippen LogP contribution in [-0.2, 0) is 24.3 Å². The Labute approximate surface area is 203 Å². The van der Waals surface area contributed by atoms with Crippen molar-refractivity contribution in [1.29, 1.82) is 0 Å². The van der Waals surface area contributed by atoms with E-state index in [1.54, 1.807) is 29.4 Å². The number of aryl methyl sites for hydroxylation is 2. The Hall–Kier alpha value is -3.15.